The van der Waals surface area contributed by atoms with E-state index in [9.17, 15) is 0 Å². The summed E-state index contributed by atoms with van der Waals surface area (Å²) in [5, 5.41) is 0. The smallest absolute Gasteiger partial charge is 0.153 e. The molecule has 0 radical (unpaired) electrons. The van der Waals surface area contributed by atoms with E-state index in [0.717, 1.165) is 0 Å². The highest BCUT2D eigenvalue weighted by Crippen LogP contribution is 2.10. The van der Waals surface area contributed by atoms with Crippen LogP contribution in [0.15, 0.2) is 0 Å². The molecule has 0 aliphatic carbocycles. The monoisotopic (exact) mass is 162 g/mol. The Morgan fingerprint density at radius 2 is 1.67 bits per heavy atom. The van der Waals surface area contributed by atoms with Crippen molar-refractivity contribution in [3.63, 3.8) is 0 Å². The van der Waals surface area contributed by atoms with Crippen molar-refractivity contribution in [1.82, 2.24) is 0 Å². The van der Waals surface area contributed by atoms with Crippen LogP contribution in [-0.2, 0) is 0 Å². The molecule has 0 bridgehead atoms. The van der Waals surface area contributed by atoms with E-state index in [1.807, 2.05) is 20.8 Å². The van der Waals surface area contributed by atoms with E-state index in [-0.39, 0.29) is 5.41 Å². The van der Waals surface area contributed by atoms with Crippen LogP contribution >= 0.6 is 22.9 Å². The van der Waals surface area contributed by atoms with Gasteiger partial charge in [0.25, 0.3) is 0 Å². The van der Waals surface area contributed by atoms with Gasteiger partial charge >= 0.3 is 5.54 Å². The molecule has 9 heavy (non-hydrogen) atoms. The zero-order chi connectivity index (χ0) is 7.49. The molecule has 3 heteroatoms. The quantitative estimate of drug-likeness (QED) is 0.380. The predicted molar refractivity (Wildman–Crippen MR) is 44.7 cm³/mol. The van der Waals surface area contributed by atoms with Crippen LogP contribution in [0.4, 0.5) is 0 Å². The molecule has 0 saturated heterocycles. The molecule has 0 amide bonds. The third-order valence-electron chi connectivity index (χ3n) is 0.556. The lowest BCUT2D eigenvalue weighted by molar-refractivity contribution is 0.571. The van der Waals surface area contributed by atoms with Gasteiger partial charge in [0.1, 0.15) is 0 Å². The standard InChI is InChI=1S/C6H9BCl2/c1-6(2,3)4-5-7(8)9/h1-3H3. The normalized spacial score (nSPS) is 9.89. The van der Waals surface area contributed by atoms with E-state index in [2.05, 4.69) is 11.7 Å². The maximum absolute atomic E-state index is 5.38. The zero-order valence-corrected chi connectivity index (χ0v) is 7.35. The van der Waals surface area contributed by atoms with Gasteiger partial charge in [-0.1, -0.05) is 0 Å². The third kappa shape index (κ3) is 8.20. The largest absolute Gasteiger partial charge is 0.431 e. The van der Waals surface area contributed by atoms with Crippen molar-refractivity contribution in [3.8, 4) is 11.7 Å². The topological polar surface area (TPSA) is 0 Å². The van der Waals surface area contributed by atoms with Crippen LogP contribution in [0.2, 0.25) is 0 Å². The molecule has 0 nitrogen and oxygen atoms in total. The second-order valence-electron chi connectivity index (χ2n) is 2.82. The molecule has 50 valence electrons. The Morgan fingerprint density at radius 1 is 1.22 bits per heavy atom. The molecule has 0 fully saturated rings. The molecule has 0 rings (SSSR count). The van der Waals surface area contributed by atoms with Gasteiger partial charge in [-0.2, -0.15) is 22.9 Å². The summed E-state index contributed by atoms with van der Waals surface area (Å²) in [5.41, 5.74) is -0.550. The average molecular weight is 163 g/mol. The minimum Gasteiger partial charge on any atom is -0.153 e. The van der Waals surface area contributed by atoms with Gasteiger partial charge in [0.2, 0.25) is 0 Å². The van der Waals surface area contributed by atoms with Gasteiger partial charge in [-0.25, -0.2) is 0 Å². The summed E-state index contributed by atoms with van der Waals surface area (Å²) in [5.74, 6) is 5.57. The van der Waals surface area contributed by atoms with Crippen molar-refractivity contribution >= 4 is 28.5 Å². The Kier molecular flexibility index (Phi) is 3.47. The van der Waals surface area contributed by atoms with Crippen LogP contribution in [0.1, 0.15) is 20.8 Å². The van der Waals surface area contributed by atoms with Gasteiger partial charge in [-0.15, -0.1) is 11.7 Å². The molecular weight excluding hydrogens is 154 g/mol. The molecule has 0 heterocycles. The van der Waals surface area contributed by atoms with E-state index >= 15 is 0 Å². The zero-order valence-electron chi connectivity index (χ0n) is 5.83. The van der Waals surface area contributed by atoms with E-state index in [1.165, 1.54) is 0 Å². The molecule has 0 aliphatic rings. The van der Waals surface area contributed by atoms with Crippen LogP contribution in [0.5, 0.6) is 0 Å². The molecule has 0 aliphatic heterocycles. The first-order valence-corrected chi connectivity index (χ1v) is 3.60. The fourth-order valence-corrected chi connectivity index (χ4v) is 0.380. The Morgan fingerprint density at radius 3 is 1.78 bits per heavy atom. The molecule has 0 spiro atoms. The molecule has 0 aromatic heterocycles. The summed E-state index contributed by atoms with van der Waals surface area (Å²) in [6.45, 7) is 6.03. The van der Waals surface area contributed by atoms with Gasteiger partial charge in [0, 0.05) is 5.41 Å². The number of halogens is 2. The highest BCUT2D eigenvalue weighted by molar-refractivity contribution is 7.37. The van der Waals surface area contributed by atoms with Crippen LogP contribution in [0, 0.1) is 17.2 Å². The Bertz CT molecular complexity index is 135. The van der Waals surface area contributed by atoms with Crippen LogP contribution in [0.25, 0.3) is 0 Å². The highest BCUT2D eigenvalue weighted by Gasteiger charge is 2.05. The Hall–Kier alpha value is 0.205. The van der Waals surface area contributed by atoms with Gasteiger partial charge in [0.15, 0.2) is 0 Å². The lowest BCUT2D eigenvalue weighted by atomic mass is 9.95. The maximum atomic E-state index is 5.38. The van der Waals surface area contributed by atoms with E-state index in [1.54, 1.807) is 0 Å². The minimum absolute atomic E-state index is 0.00201. The van der Waals surface area contributed by atoms with Crippen LogP contribution < -0.4 is 0 Å². The maximum Gasteiger partial charge on any atom is 0.431 e. The Labute approximate surface area is 66.8 Å². The first-order valence-electron chi connectivity index (χ1n) is 2.73. The molecule has 0 aromatic rings. The van der Waals surface area contributed by atoms with Crippen molar-refractivity contribution < 1.29 is 0 Å². The predicted octanol–water partition coefficient (Wildman–Crippen LogP) is 2.54. The molecule has 0 atom stereocenters. The third-order valence-corrected chi connectivity index (χ3v) is 0.774. The van der Waals surface area contributed by atoms with Gasteiger partial charge in [0.05, 0.1) is 0 Å². The average Bonchev–Trinajstić information content (AvgIpc) is 1.59. The van der Waals surface area contributed by atoms with E-state index < -0.39 is 5.54 Å². The lowest BCUT2D eigenvalue weighted by Gasteiger charge is -2.06. The van der Waals surface area contributed by atoms with Gasteiger partial charge in [-0.3, -0.25) is 0 Å². The van der Waals surface area contributed by atoms with Crippen molar-refractivity contribution in [2.24, 2.45) is 5.41 Å². The summed E-state index contributed by atoms with van der Waals surface area (Å²) >= 11 is 10.8. The van der Waals surface area contributed by atoms with Crippen molar-refractivity contribution in [2.45, 2.75) is 20.8 Å². The lowest BCUT2D eigenvalue weighted by Crippen LogP contribution is -2.01. The second-order valence-corrected chi connectivity index (χ2v) is 3.92. The SMILES string of the molecule is CC(C)(C)C#CB(Cl)Cl. The van der Waals surface area contributed by atoms with Crippen molar-refractivity contribution in [1.29, 1.82) is 0 Å². The summed E-state index contributed by atoms with van der Waals surface area (Å²) in [6.07, 6.45) is 0. The highest BCUT2D eigenvalue weighted by atomic mass is 35.5. The molecule has 0 unspecified atom stereocenters. The van der Waals surface area contributed by atoms with E-state index in [0.29, 0.717) is 0 Å². The molecule has 0 saturated carbocycles. The summed E-state index contributed by atoms with van der Waals surface area (Å²) in [7, 11) is 0. The summed E-state index contributed by atoms with van der Waals surface area (Å²) < 4.78 is 0. The second kappa shape index (κ2) is 3.39. The van der Waals surface area contributed by atoms with Crippen molar-refractivity contribution in [2.75, 3.05) is 0 Å². The summed E-state index contributed by atoms with van der Waals surface area (Å²) in [6, 6.07) is 0. The van der Waals surface area contributed by atoms with Gasteiger partial charge in [-0.05, 0) is 20.8 Å². The van der Waals surface area contributed by atoms with Crippen LogP contribution in [-0.4, -0.2) is 5.54 Å². The minimum atomic E-state index is -0.552. The molecular formula is C6H9BCl2. The fraction of sp³-hybridized carbons (Fsp3) is 0.667. The van der Waals surface area contributed by atoms with Gasteiger partial charge < -0.3 is 0 Å². The first kappa shape index (κ1) is 9.20. The number of hydrogen-bond acceptors (Lipinski definition) is 0. The summed E-state index contributed by atoms with van der Waals surface area (Å²) in [4.78, 5) is 0. The number of hydrogen-bond donors (Lipinski definition) is 0. The molecule has 0 N–H and O–H groups in total. The van der Waals surface area contributed by atoms with E-state index in [4.69, 9.17) is 22.9 Å². The molecule has 0 aromatic carbocycles. The number of rotatable bonds is 0. The van der Waals surface area contributed by atoms with Crippen molar-refractivity contribution in [3.05, 3.63) is 0 Å². The first-order chi connectivity index (χ1) is 3.92. The van der Waals surface area contributed by atoms with Crippen LogP contribution in [0.3, 0.4) is 0 Å². The fourth-order valence-electron chi connectivity index (χ4n) is 0.271. The Balaban J connectivity index is 3.88.